The second-order valence-electron chi connectivity index (χ2n) is 5.77. The van der Waals surface area contributed by atoms with E-state index in [2.05, 4.69) is 49.5 Å². The van der Waals surface area contributed by atoms with E-state index in [1.54, 1.807) is 0 Å². The topological polar surface area (TPSA) is 35.8 Å². The van der Waals surface area contributed by atoms with Crippen LogP contribution in [0.4, 0.5) is 0 Å². The highest BCUT2D eigenvalue weighted by molar-refractivity contribution is 8.00. The van der Waals surface area contributed by atoms with Crippen LogP contribution < -0.4 is 5.32 Å². The van der Waals surface area contributed by atoms with Crippen molar-refractivity contribution in [2.75, 3.05) is 6.54 Å². The molecule has 1 aliphatic carbocycles. The van der Waals surface area contributed by atoms with Crippen molar-refractivity contribution in [3.63, 3.8) is 0 Å². The zero-order chi connectivity index (χ0) is 14.4. The number of nitrogens with one attached hydrogen (secondary N) is 1. The van der Waals surface area contributed by atoms with E-state index in [0.717, 1.165) is 32.2 Å². The quantitative estimate of drug-likeness (QED) is 0.878. The summed E-state index contributed by atoms with van der Waals surface area (Å²) in [7, 11) is 0. The van der Waals surface area contributed by atoms with Gasteiger partial charge in [-0.25, -0.2) is 0 Å². The fourth-order valence-corrected chi connectivity index (χ4v) is 4.32. The maximum atomic E-state index is 9.57. The third kappa shape index (κ3) is 4.01. The van der Waals surface area contributed by atoms with Gasteiger partial charge in [-0.1, -0.05) is 24.6 Å². The zero-order valence-electron chi connectivity index (χ0n) is 12.5. The molecule has 1 aromatic rings. The molecule has 2 atom stereocenters. The fourth-order valence-electron chi connectivity index (χ4n) is 2.87. The van der Waals surface area contributed by atoms with Crippen LogP contribution in [-0.4, -0.2) is 17.3 Å². The predicted molar refractivity (Wildman–Crippen MR) is 85.9 cm³/mol. The van der Waals surface area contributed by atoms with Crippen molar-refractivity contribution in [3.8, 4) is 6.07 Å². The second kappa shape index (κ2) is 7.15. The molecule has 3 heteroatoms. The Balaban J connectivity index is 2.01. The molecule has 0 bridgehead atoms. The molecule has 0 aliphatic heterocycles. The number of aryl methyl sites for hydroxylation is 1. The molecule has 0 radical (unpaired) electrons. The molecular formula is C17H24N2S. The van der Waals surface area contributed by atoms with Crippen molar-refractivity contribution in [1.29, 1.82) is 5.26 Å². The molecule has 1 aromatic carbocycles. The minimum absolute atomic E-state index is 0.296. The molecule has 0 amide bonds. The van der Waals surface area contributed by atoms with Gasteiger partial charge in [0.15, 0.2) is 0 Å². The van der Waals surface area contributed by atoms with E-state index in [1.165, 1.54) is 16.9 Å². The van der Waals surface area contributed by atoms with Gasteiger partial charge in [0, 0.05) is 10.1 Å². The highest BCUT2D eigenvalue weighted by Gasteiger charge is 2.36. The average molecular weight is 288 g/mol. The summed E-state index contributed by atoms with van der Waals surface area (Å²) in [5.74, 6) is 0. The molecule has 1 N–H and O–H groups in total. The molecule has 0 heterocycles. The number of thioether (sulfide) groups is 1. The monoisotopic (exact) mass is 288 g/mol. The van der Waals surface area contributed by atoms with Crippen molar-refractivity contribution in [3.05, 3.63) is 29.8 Å². The Morgan fingerprint density at radius 2 is 2.35 bits per heavy atom. The van der Waals surface area contributed by atoms with E-state index in [-0.39, 0.29) is 5.54 Å². The van der Waals surface area contributed by atoms with Gasteiger partial charge in [-0.05, 0) is 57.7 Å². The smallest absolute Gasteiger partial charge is 0.107 e. The van der Waals surface area contributed by atoms with Crippen LogP contribution in [0.1, 0.15) is 44.6 Å². The second-order valence-corrected chi connectivity index (χ2v) is 7.15. The standard InChI is InChI=1S/C17H24N2S/c1-3-10-19-17(13-18)9-5-8-16(12-17)20-15-7-4-6-14(2)11-15/h4,6-7,11,16,19H,3,5,8-10,12H2,1-2H3. The summed E-state index contributed by atoms with van der Waals surface area (Å²) in [4.78, 5) is 1.33. The number of benzene rings is 1. The highest BCUT2D eigenvalue weighted by atomic mass is 32.2. The Labute approximate surface area is 127 Å². The molecule has 108 valence electrons. The van der Waals surface area contributed by atoms with E-state index in [9.17, 15) is 5.26 Å². The largest absolute Gasteiger partial charge is 0.299 e. The van der Waals surface area contributed by atoms with E-state index >= 15 is 0 Å². The molecule has 1 fully saturated rings. The van der Waals surface area contributed by atoms with Crippen LogP contribution in [0.2, 0.25) is 0 Å². The first kappa shape index (κ1) is 15.4. The van der Waals surface area contributed by atoms with Gasteiger partial charge in [0.25, 0.3) is 0 Å². The molecule has 2 rings (SSSR count). The van der Waals surface area contributed by atoms with Crippen LogP contribution in [0.25, 0.3) is 0 Å². The van der Waals surface area contributed by atoms with Gasteiger partial charge in [0.05, 0.1) is 6.07 Å². The fraction of sp³-hybridized carbons (Fsp3) is 0.588. The Morgan fingerprint density at radius 3 is 3.05 bits per heavy atom. The first-order valence-electron chi connectivity index (χ1n) is 7.57. The Bertz CT molecular complexity index is 480. The van der Waals surface area contributed by atoms with E-state index < -0.39 is 0 Å². The SMILES string of the molecule is CCCNC1(C#N)CCCC(Sc2cccc(C)c2)C1. The van der Waals surface area contributed by atoms with Gasteiger partial charge in [0.1, 0.15) is 5.54 Å². The van der Waals surface area contributed by atoms with Crippen molar-refractivity contribution in [2.45, 2.75) is 61.6 Å². The minimum atomic E-state index is -0.296. The van der Waals surface area contributed by atoms with E-state index in [1.807, 2.05) is 11.8 Å². The first-order valence-corrected chi connectivity index (χ1v) is 8.45. The van der Waals surface area contributed by atoms with Crippen molar-refractivity contribution >= 4 is 11.8 Å². The van der Waals surface area contributed by atoms with Crippen molar-refractivity contribution in [2.24, 2.45) is 0 Å². The Hall–Kier alpha value is -0.980. The lowest BCUT2D eigenvalue weighted by Crippen LogP contribution is -2.48. The average Bonchev–Trinajstić information content (AvgIpc) is 2.45. The minimum Gasteiger partial charge on any atom is -0.299 e. The van der Waals surface area contributed by atoms with Crippen LogP contribution in [0.15, 0.2) is 29.2 Å². The molecular weight excluding hydrogens is 264 g/mol. The normalized spacial score (nSPS) is 26.1. The summed E-state index contributed by atoms with van der Waals surface area (Å²) in [6.45, 7) is 5.22. The lowest BCUT2D eigenvalue weighted by atomic mass is 9.82. The third-order valence-electron chi connectivity index (χ3n) is 3.93. The third-order valence-corrected chi connectivity index (χ3v) is 5.19. The molecule has 0 saturated heterocycles. The van der Waals surface area contributed by atoms with E-state index in [4.69, 9.17) is 0 Å². The lowest BCUT2D eigenvalue weighted by Gasteiger charge is -2.36. The molecule has 0 aromatic heterocycles. The van der Waals surface area contributed by atoms with Gasteiger partial charge in [0.2, 0.25) is 0 Å². The molecule has 20 heavy (non-hydrogen) atoms. The number of hydrogen-bond donors (Lipinski definition) is 1. The van der Waals surface area contributed by atoms with Crippen LogP contribution in [0.5, 0.6) is 0 Å². The van der Waals surface area contributed by atoms with Crippen molar-refractivity contribution < 1.29 is 0 Å². The Morgan fingerprint density at radius 1 is 1.50 bits per heavy atom. The molecule has 1 saturated carbocycles. The molecule has 0 spiro atoms. The molecule has 2 nitrogen and oxygen atoms in total. The summed E-state index contributed by atoms with van der Waals surface area (Å²) in [6, 6.07) is 11.2. The van der Waals surface area contributed by atoms with Crippen LogP contribution in [-0.2, 0) is 0 Å². The number of nitriles is 1. The maximum Gasteiger partial charge on any atom is 0.107 e. The van der Waals surface area contributed by atoms with E-state index in [0.29, 0.717) is 5.25 Å². The number of hydrogen-bond acceptors (Lipinski definition) is 3. The maximum absolute atomic E-state index is 9.57. The predicted octanol–water partition coefficient (Wildman–Crippen LogP) is 4.29. The number of nitrogens with zero attached hydrogens (tertiary/aromatic N) is 1. The Kier molecular flexibility index (Phi) is 5.51. The van der Waals surface area contributed by atoms with Crippen LogP contribution in [0.3, 0.4) is 0 Å². The van der Waals surface area contributed by atoms with Gasteiger partial charge < -0.3 is 0 Å². The van der Waals surface area contributed by atoms with Crippen LogP contribution >= 0.6 is 11.8 Å². The summed E-state index contributed by atoms with van der Waals surface area (Å²) in [5, 5.41) is 13.6. The highest BCUT2D eigenvalue weighted by Crippen LogP contribution is 2.38. The lowest BCUT2D eigenvalue weighted by molar-refractivity contribution is 0.305. The summed E-state index contributed by atoms with van der Waals surface area (Å²) < 4.78 is 0. The molecule has 2 unspecified atom stereocenters. The summed E-state index contributed by atoms with van der Waals surface area (Å²) >= 11 is 1.94. The van der Waals surface area contributed by atoms with Gasteiger partial charge >= 0.3 is 0 Å². The van der Waals surface area contributed by atoms with Crippen LogP contribution in [0, 0.1) is 18.3 Å². The zero-order valence-corrected chi connectivity index (χ0v) is 13.3. The van der Waals surface area contributed by atoms with Gasteiger partial charge in [-0.3, -0.25) is 5.32 Å². The molecule has 1 aliphatic rings. The van der Waals surface area contributed by atoms with Gasteiger partial charge in [-0.2, -0.15) is 5.26 Å². The number of rotatable bonds is 5. The summed E-state index contributed by atoms with van der Waals surface area (Å²) in [6.07, 6.45) is 5.40. The first-order chi connectivity index (χ1) is 9.67. The van der Waals surface area contributed by atoms with Crippen molar-refractivity contribution in [1.82, 2.24) is 5.32 Å². The summed E-state index contributed by atoms with van der Waals surface area (Å²) in [5.41, 5.74) is 1.01. The van der Waals surface area contributed by atoms with Gasteiger partial charge in [-0.15, -0.1) is 11.8 Å².